The van der Waals surface area contributed by atoms with Gasteiger partial charge in [-0.15, -0.1) is 6.42 Å². The largest absolute Gasteiger partial charge is 0.444 e. The molecule has 0 saturated carbocycles. The van der Waals surface area contributed by atoms with E-state index in [4.69, 9.17) is 11.2 Å². The van der Waals surface area contributed by atoms with E-state index >= 15 is 0 Å². The number of aryl methyl sites for hydroxylation is 1. The summed E-state index contributed by atoms with van der Waals surface area (Å²) in [6, 6.07) is 12.3. The fourth-order valence-electron chi connectivity index (χ4n) is 4.62. The van der Waals surface area contributed by atoms with Crippen molar-refractivity contribution in [3.8, 4) is 12.3 Å². The minimum Gasteiger partial charge on any atom is -0.444 e. The first-order valence-electron chi connectivity index (χ1n) is 14.4. The molecule has 7 heteroatoms. The molecule has 0 heterocycles. The van der Waals surface area contributed by atoms with Crippen LogP contribution in [0.5, 0.6) is 0 Å². The number of nitrogens with one attached hydrogen (secondary N) is 2. The molecule has 0 aromatic heterocycles. The zero-order chi connectivity index (χ0) is 30.9. The molecule has 7 nitrogen and oxygen atoms in total. The van der Waals surface area contributed by atoms with Gasteiger partial charge < -0.3 is 20.3 Å². The third-order valence-electron chi connectivity index (χ3n) is 6.84. The number of amides is 3. The Kier molecular flexibility index (Phi) is 12.0. The van der Waals surface area contributed by atoms with Crippen molar-refractivity contribution in [3.63, 3.8) is 0 Å². The number of hydrogen-bond acceptors (Lipinski definition) is 4. The second kappa shape index (κ2) is 14.7. The lowest BCUT2D eigenvalue weighted by atomic mass is 9.93. The van der Waals surface area contributed by atoms with Crippen LogP contribution in [0, 0.1) is 31.1 Å². The Morgan fingerprint density at radius 3 is 2.12 bits per heavy atom. The van der Waals surface area contributed by atoms with E-state index in [1.54, 1.807) is 37.8 Å². The molecular formula is C34H47N3O4. The molecule has 2 N–H and O–H groups in total. The minimum atomic E-state index is -1.04. The van der Waals surface area contributed by atoms with E-state index in [-0.39, 0.29) is 23.8 Å². The van der Waals surface area contributed by atoms with Crippen LogP contribution >= 0.6 is 0 Å². The van der Waals surface area contributed by atoms with Crippen molar-refractivity contribution in [1.29, 1.82) is 0 Å². The fraction of sp³-hybridized carbons (Fsp3) is 0.500. The number of para-hydroxylation sites is 1. The van der Waals surface area contributed by atoms with Crippen molar-refractivity contribution in [2.24, 2.45) is 11.8 Å². The Hall–Kier alpha value is -3.79. The number of alkyl carbamates (subject to hydrolysis) is 1. The maximum atomic E-state index is 14.5. The Balaban J connectivity index is 2.69. The number of carbonyl (C=O) groups excluding carboxylic acids is 3. The highest BCUT2D eigenvalue weighted by atomic mass is 16.6. The van der Waals surface area contributed by atoms with E-state index in [9.17, 15) is 14.4 Å². The third-order valence-corrected chi connectivity index (χ3v) is 6.84. The quantitative estimate of drug-likeness (QED) is 0.294. The van der Waals surface area contributed by atoms with E-state index in [2.05, 4.69) is 30.4 Å². The van der Waals surface area contributed by atoms with Gasteiger partial charge in [-0.05, 0) is 82.6 Å². The van der Waals surface area contributed by atoms with Gasteiger partial charge in [-0.3, -0.25) is 9.59 Å². The van der Waals surface area contributed by atoms with Crippen LogP contribution < -0.4 is 10.6 Å². The Morgan fingerprint density at radius 2 is 1.56 bits per heavy atom. The molecule has 2 rings (SSSR count). The Bertz CT molecular complexity index is 1240. The van der Waals surface area contributed by atoms with Gasteiger partial charge in [0.15, 0.2) is 0 Å². The van der Waals surface area contributed by atoms with E-state index < -0.39 is 23.8 Å². The van der Waals surface area contributed by atoms with Crippen molar-refractivity contribution in [3.05, 3.63) is 65.2 Å². The Labute approximate surface area is 246 Å². The predicted octanol–water partition coefficient (Wildman–Crippen LogP) is 6.86. The highest BCUT2D eigenvalue weighted by Crippen LogP contribution is 2.31. The van der Waals surface area contributed by atoms with Crippen LogP contribution in [0.3, 0.4) is 0 Å². The van der Waals surface area contributed by atoms with Gasteiger partial charge in [0.25, 0.3) is 5.91 Å². The maximum Gasteiger partial charge on any atom is 0.408 e. The number of hydrogen-bond donors (Lipinski definition) is 2. The molecule has 0 bridgehead atoms. The number of ether oxygens (including phenoxy) is 1. The summed E-state index contributed by atoms with van der Waals surface area (Å²) in [6.45, 7) is 17.1. The monoisotopic (exact) mass is 561 g/mol. The number of benzene rings is 2. The summed E-state index contributed by atoms with van der Waals surface area (Å²) in [6.07, 6.45) is 6.71. The summed E-state index contributed by atoms with van der Waals surface area (Å²) < 4.78 is 5.48. The smallest absolute Gasteiger partial charge is 0.408 e. The van der Waals surface area contributed by atoms with Crippen LogP contribution in [0.4, 0.5) is 10.5 Å². The van der Waals surface area contributed by atoms with Crippen molar-refractivity contribution >= 4 is 23.6 Å². The lowest BCUT2D eigenvalue weighted by Gasteiger charge is -2.40. The highest BCUT2D eigenvalue weighted by Gasteiger charge is 2.40. The number of terminal acetylenes is 1. The summed E-state index contributed by atoms with van der Waals surface area (Å²) in [5, 5.41) is 5.82. The Morgan fingerprint density at radius 1 is 0.951 bits per heavy atom. The number of carbonyl (C=O) groups is 3. The van der Waals surface area contributed by atoms with Crippen molar-refractivity contribution in [1.82, 2.24) is 10.2 Å². The molecule has 0 radical (unpaired) electrons. The lowest BCUT2D eigenvalue weighted by Crippen LogP contribution is -2.56. The first-order valence-corrected chi connectivity index (χ1v) is 14.4. The summed E-state index contributed by atoms with van der Waals surface area (Å²) in [5.41, 5.74) is 1.87. The number of rotatable bonds is 11. The van der Waals surface area contributed by atoms with Gasteiger partial charge in [0.2, 0.25) is 5.91 Å². The summed E-state index contributed by atoms with van der Waals surface area (Å²) in [5.74, 6) is 2.05. The molecule has 0 saturated heterocycles. The minimum absolute atomic E-state index is 0.280. The SMILES string of the molecule is C#Cc1ccccc1C(C(=O)Nc1ccccc1C)N(C(=O)C(NC(=O)OC(C)(C)C)C(C)C)C(C)CCC(C)C. The molecular weight excluding hydrogens is 514 g/mol. The summed E-state index contributed by atoms with van der Waals surface area (Å²) in [7, 11) is 0. The van der Waals surface area contributed by atoms with E-state index in [0.29, 0.717) is 29.2 Å². The molecule has 2 aromatic rings. The highest BCUT2D eigenvalue weighted by molar-refractivity contribution is 6.00. The number of anilines is 1. The lowest BCUT2D eigenvalue weighted by molar-refractivity contribution is -0.144. The van der Waals surface area contributed by atoms with Crippen LogP contribution in [0.25, 0.3) is 0 Å². The summed E-state index contributed by atoms with van der Waals surface area (Å²) in [4.78, 5) is 43.2. The van der Waals surface area contributed by atoms with Crippen LogP contribution in [0.2, 0.25) is 0 Å². The van der Waals surface area contributed by atoms with E-state index in [0.717, 1.165) is 12.0 Å². The number of nitrogens with zero attached hydrogens (tertiary/aromatic N) is 1. The topological polar surface area (TPSA) is 87.7 Å². The van der Waals surface area contributed by atoms with Crippen LogP contribution in [-0.4, -0.2) is 40.5 Å². The molecule has 0 aliphatic carbocycles. The standard InChI is InChI=1S/C34H47N3O4/c1-11-26-17-13-14-18-27(26)30(31(38)35-28-19-15-12-16-24(28)6)37(25(7)21-20-22(2)3)32(39)29(23(4)5)36-33(40)41-34(8,9)10/h1,12-19,22-23,25,29-30H,20-21H2,2-10H3,(H,35,38)(H,36,40). The van der Waals surface area contributed by atoms with Gasteiger partial charge >= 0.3 is 6.09 Å². The van der Waals surface area contributed by atoms with Crippen molar-refractivity contribution < 1.29 is 19.1 Å². The van der Waals surface area contributed by atoms with E-state index in [1.807, 2.05) is 64.1 Å². The molecule has 0 aliphatic rings. The second-order valence-electron chi connectivity index (χ2n) is 12.4. The molecule has 41 heavy (non-hydrogen) atoms. The molecule has 0 aliphatic heterocycles. The van der Waals surface area contributed by atoms with Gasteiger partial charge in [0.1, 0.15) is 17.7 Å². The predicted molar refractivity (Wildman–Crippen MR) is 165 cm³/mol. The van der Waals surface area contributed by atoms with Crippen LogP contribution in [-0.2, 0) is 14.3 Å². The molecule has 0 fully saturated rings. The van der Waals surface area contributed by atoms with E-state index in [1.165, 1.54) is 0 Å². The van der Waals surface area contributed by atoms with Gasteiger partial charge in [0.05, 0.1) is 0 Å². The average Bonchev–Trinajstić information content (AvgIpc) is 2.88. The molecule has 2 aromatic carbocycles. The zero-order valence-electron chi connectivity index (χ0n) is 26.1. The molecule has 3 unspecified atom stereocenters. The van der Waals surface area contributed by atoms with Gasteiger partial charge in [-0.2, -0.15) is 0 Å². The van der Waals surface area contributed by atoms with Gasteiger partial charge in [-0.1, -0.05) is 70.0 Å². The first-order chi connectivity index (χ1) is 19.2. The molecule has 3 amide bonds. The first kappa shape index (κ1) is 33.4. The van der Waals surface area contributed by atoms with Crippen LogP contribution in [0.15, 0.2) is 48.5 Å². The average molecular weight is 562 g/mol. The fourth-order valence-corrected chi connectivity index (χ4v) is 4.62. The van der Waals surface area contributed by atoms with Crippen molar-refractivity contribution in [2.45, 2.75) is 98.9 Å². The normalized spacial score (nSPS) is 13.6. The van der Waals surface area contributed by atoms with Gasteiger partial charge in [0, 0.05) is 17.3 Å². The molecule has 0 spiro atoms. The maximum absolute atomic E-state index is 14.5. The second-order valence-corrected chi connectivity index (χ2v) is 12.4. The zero-order valence-corrected chi connectivity index (χ0v) is 26.1. The third kappa shape index (κ3) is 9.67. The summed E-state index contributed by atoms with van der Waals surface area (Å²) >= 11 is 0. The molecule has 3 atom stereocenters. The van der Waals surface area contributed by atoms with Crippen LogP contribution in [0.1, 0.15) is 91.0 Å². The van der Waals surface area contributed by atoms with Crippen molar-refractivity contribution in [2.75, 3.05) is 5.32 Å². The van der Waals surface area contributed by atoms with Gasteiger partial charge in [-0.25, -0.2) is 4.79 Å². The molecule has 222 valence electrons.